The van der Waals surface area contributed by atoms with E-state index < -0.39 is 0 Å². The smallest absolute Gasteiger partial charge is 0.311 e. The minimum atomic E-state index is -0.375. The van der Waals surface area contributed by atoms with Crippen molar-refractivity contribution in [2.45, 2.75) is 6.92 Å². The molecule has 1 aromatic rings. The number of nitro groups is 1. The third-order valence-electron chi connectivity index (χ3n) is 2.83. The maximum Gasteiger partial charge on any atom is 0.311 e. The summed E-state index contributed by atoms with van der Waals surface area (Å²) in [6.45, 7) is 5.83. The van der Waals surface area contributed by atoms with E-state index in [1.807, 2.05) is 11.8 Å². The van der Waals surface area contributed by atoms with Crippen LogP contribution in [0.25, 0.3) is 0 Å². The van der Waals surface area contributed by atoms with Crippen LogP contribution in [0.5, 0.6) is 0 Å². The maximum atomic E-state index is 11.0. The van der Waals surface area contributed by atoms with Crippen molar-refractivity contribution in [2.24, 2.45) is 0 Å². The molecule has 18 heavy (non-hydrogen) atoms. The Kier molecular flexibility index (Phi) is 3.93. The summed E-state index contributed by atoms with van der Waals surface area (Å²) in [6.07, 6.45) is 0. The second kappa shape index (κ2) is 5.63. The molecule has 0 radical (unpaired) electrons. The third kappa shape index (κ3) is 2.67. The van der Waals surface area contributed by atoms with Gasteiger partial charge in [-0.25, -0.2) is 4.98 Å². The Morgan fingerprint density at radius 2 is 2.22 bits per heavy atom. The highest BCUT2D eigenvalue weighted by Crippen LogP contribution is 2.27. The fourth-order valence-corrected chi connectivity index (χ4v) is 1.97. The number of pyridine rings is 1. The van der Waals surface area contributed by atoms with E-state index in [4.69, 9.17) is 0 Å². The first-order valence-corrected chi connectivity index (χ1v) is 6.07. The van der Waals surface area contributed by atoms with Crippen molar-refractivity contribution in [3.8, 4) is 0 Å². The molecule has 2 rings (SSSR count). The first kappa shape index (κ1) is 12.6. The van der Waals surface area contributed by atoms with Gasteiger partial charge in [0.1, 0.15) is 5.82 Å². The minimum absolute atomic E-state index is 0.0681. The molecule has 0 aliphatic carbocycles. The van der Waals surface area contributed by atoms with Gasteiger partial charge in [0.25, 0.3) is 0 Å². The molecule has 0 spiro atoms. The van der Waals surface area contributed by atoms with Gasteiger partial charge >= 0.3 is 5.69 Å². The number of anilines is 2. The average molecular weight is 251 g/mol. The van der Waals surface area contributed by atoms with Gasteiger partial charge < -0.3 is 15.5 Å². The fourth-order valence-electron chi connectivity index (χ4n) is 1.97. The second-order valence-electron chi connectivity index (χ2n) is 4.06. The normalized spacial score (nSPS) is 15.5. The number of piperazine rings is 1. The van der Waals surface area contributed by atoms with E-state index >= 15 is 0 Å². The monoisotopic (exact) mass is 251 g/mol. The molecule has 7 heteroatoms. The SMILES string of the molecule is CCNc1ccc([N+](=O)[O-])c(N2CCNCC2)n1. The highest BCUT2D eigenvalue weighted by Gasteiger charge is 2.22. The zero-order chi connectivity index (χ0) is 13.0. The van der Waals surface area contributed by atoms with Crippen LogP contribution in [0.15, 0.2) is 12.1 Å². The standard InChI is InChI=1S/C11H17N5O2/c1-2-13-10-4-3-9(16(17)18)11(14-10)15-7-5-12-6-8-15/h3-4,12H,2,5-8H2,1H3,(H,13,14). The lowest BCUT2D eigenvalue weighted by atomic mass is 10.3. The molecule has 7 nitrogen and oxygen atoms in total. The van der Waals surface area contributed by atoms with E-state index in [9.17, 15) is 10.1 Å². The first-order chi connectivity index (χ1) is 8.72. The predicted molar refractivity (Wildman–Crippen MR) is 70.1 cm³/mol. The fraction of sp³-hybridized carbons (Fsp3) is 0.545. The lowest BCUT2D eigenvalue weighted by molar-refractivity contribution is -0.384. The third-order valence-corrected chi connectivity index (χ3v) is 2.83. The summed E-state index contributed by atoms with van der Waals surface area (Å²) in [6, 6.07) is 3.16. The number of nitrogens with one attached hydrogen (secondary N) is 2. The molecular weight excluding hydrogens is 234 g/mol. The largest absolute Gasteiger partial charge is 0.370 e. The Hall–Kier alpha value is -1.89. The van der Waals surface area contributed by atoms with E-state index in [0.29, 0.717) is 11.6 Å². The van der Waals surface area contributed by atoms with Crippen molar-refractivity contribution in [1.29, 1.82) is 0 Å². The zero-order valence-corrected chi connectivity index (χ0v) is 10.3. The Bertz CT molecular complexity index is 431. The molecule has 1 fully saturated rings. The van der Waals surface area contributed by atoms with Crippen LogP contribution in [0.3, 0.4) is 0 Å². The van der Waals surface area contributed by atoms with Crippen LogP contribution in [0.2, 0.25) is 0 Å². The second-order valence-corrected chi connectivity index (χ2v) is 4.06. The number of rotatable bonds is 4. The van der Waals surface area contributed by atoms with Crippen LogP contribution < -0.4 is 15.5 Å². The molecular formula is C11H17N5O2. The lowest BCUT2D eigenvalue weighted by Crippen LogP contribution is -2.44. The molecule has 0 saturated carbocycles. The van der Waals surface area contributed by atoms with Gasteiger partial charge in [0.2, 0.25) is 5.82 Å². The quantitative estimate of drug-likeness (QED) is 0.609. The first-order valence-electron chi connectivity index (χ1n) is 6.07. The van der Waals surface area contributed by atoms with Crippen LogP contribution in [-0.2, 0) is 0 Å². The van der Waals surface area contributed by atoms with Gasteiger partial charge in [0, 0.05) is 38.8 Å². The summed E-state index contributed by atoms with van der Waals surface area (Å²) in [5, 5.41) is 17.3. The number of hydrogen-bond donors (Lipinski definition) is 2. The van der Waals surface area contributed by atoms with Crippen molar-refractivity contribution in [2.75, 3.05) is 42.9 Å². The van der Waals surface area contributed by atoms with Gasteiger partial charge in [-0.3, -0.25) is 10.1 Å². The van der Waals surface area contributed by atoms with Crippen LogP contribution in [0.1, 0.15) is 6.92 Å². The molecule has 1 aliphatic heterocycles. The molecule has 0 aromatic carbocycles. The van der Waals surface area contributed by atoms with Crippen molar-refractivity contribution in [3.63, 3.8) is 0 Å². The Labute approximate surface area is 105 Å². The van der Waals surface area contributed by atoms with Gasteiger partial charge in [-0.1, -0.05) is 0 Å². The minimum Gasteiger partial charge on any atom is -0.370 e. The van der Waals surface area contributed by atoms with Crippen LogP contribution in [-0.4, -0.2) is 42.6 Å². The van der Waals surface area contributed by atoms with Crippen LogP contribution in [0, 0.1) is 10.1 Å². The van der Waals surface area contributed by atoms with Gasteiger partial charge in [-0.2, -0.15) is 0 Å². The van der Waals surface area contributed by atoms with Crippen LogP contribution in [0.4, 0.5) is 17.3 Å². The maximum absolute atomic E-state index is 11.0. The molecule has 1 aromatic heterocycles. The van der Waals surface area contributed by atoms with Gasteiger partial charge in [-0.15, -0.1) is 0 Å². The zero-order valence-electron chi connectivity index (χ0n) is 10.3. The molecule has 2 N–H and O–H groups in total. The van der Waals surface area contributed by atoms with E-state index in [-0.39, 0.29) is 10.6 Å². The van der Waals surface area contributed by atoms with Gasteiger partial charge in [-0.05, 0) is 13.0 Å². The Balaban J connectivity index is 2.33. The molecule has 0 bridgehead atoms. The molecule has 0 unspecified atom stereocenters. The number of hydrogen-bond acceptors (Lipinski definition) is 6. The van der Waals surface area contributed by atoms with Crippen LogP contribution >= 0.6 is 0 Å². The summed E-state index contributed by atoms with van der Waals surface area (Å²) in [5.74, 6) is 1.14. The highest BCUT2D eigenvalue weighted by atomic mass is 16.6. The van der Waals surface area contributed by atoms with E-state index in [1.165, 1.54) is 6.07 Å². The average Bonchev–Trinajstić information content (AvgIpc) is 2.40. The summed E-state index contributed by atoms with van der Waals surface area (Å²) in [7, 11) is 0. The van der Waals surface area contributed by atoms with Gasteiger partial charge in [0.15, 0.2) is 0 Å². The van der Waals surface area contributed by atoms with Crippen molar-refractivity contribution < 1.29 is 4.92 Å². The Morgan fingerprint density at radius 1 is 1.50 bits per heavy atom. The molecule has 1 aliphatic rings. The highest BCUT2D eigenvalue weighted by molar-refractivity contribution is 5.62. The van der Waals surface area contributed by atoms with Gasteiger partial charge in [0.05, 0.1) is 4.92 Å². The van der Waals surface area contributed by atoms with Crippen molar-refractivity contribution in [3.05, 3.63) is 22.2 Å². The topological polar surface area (TPSA) is 83.3 Å². The predicted octanol–water partition coefficient (Wildman–Crippen LogP) is 0.831. The lowest BCUT2D eigenvalue weighted by Gasteiger charge is -2.28. The van der Waals surface area contributed by atoms with Crippen molar-refractivity contribution in [1.82, 2.24) is 10.3 Å². The number of nitrogens with zero attached hydrogens (tertiary/aromatic N) is 3. The molecule has 1 saturated heterocycles. The molecule has 0 atom stereocenters. The van der Waals surface area contributed by atoms with E-state index in [2.05, 4.69) is 15.6 Å². The molecule has 98 valence electrons. The van der Waals surface area contributed by atoms with Crippen molar-refractivity contribution >= 4 is 17.3 Å². The molecule has 0 amide bonds. The van der Waals surface area contributed by atoms with E-state index in [0.717, 1.165) is 32.7 Å². The molecule has 2 heterocycles. The van der Waals surface area contributed by atoms with E-state index in [1.54, 1.807) is 6.07 Å². The Morgan fingerprint density at radius 3 is 2.83 bits per heavy atom. The number of aromatic nitrogens is 1. The summed E-state index contributed by atoms with van der Waals surface area (Å²) < 4.78 is 0. The summed E-state index contributed by atoms with van der Waals surface area (Å²) in [5.41, 5.74) is 0.0681. The summed E-state index contributed by atoms with van der Waals surface area (Å²) >= 11 is 0. The summed E-state index contributed by atoms with van der Waals surface area (Å²) in [4.78, 5) is 17.0.